The Bertz CT molecular complexity index is 453. The molecule has 0 bridgehead atoms. The SMILES string of the molecule is CCCCC(F)(F)C(F)(F)S(=O)(=O)O.c1ccncc1. The zero-order valence-corrected chi connectivity index (χ0v) is 11.5. The van der Waals surface area contributed by atoms with Crippen LogP contribution in [0, 0.1) is 0 Å². The molecule has 1 heterocycles. The normalized spacial score (nSPS) is 12.5. The molecule has 0 unspecified atom stereocenters. The van der Waals surface area contributed by atoms with Gasteiger partial charge in [0.15, 0.2) is 0 Å². The van der Waals surface area contributed by atoms with E-state index in [2.05, 4.69) is 4.98 Å². The van der Waals surface area contributed by atoms with Crippen LogP contribution >= 0.6 is 0 Å². The number of nitrogens with zero attached hydrogens (tertiary/aromatic N) is 1. The van der Waals surface area contributed by atoms with E-state index >= 15 is 0 Å². The fourth-order valence-corrected chi connectivity index (χ4v) is 1.53. The standard InChI is InChI=1S/C6H10F4O3S.C5H5N/c1-2-3-4-5(7,8)6(9,10)14(11,12)13;1-2-4-6-5-3-1/h2-4H2,1H3,(H,11,12,13);1-5H. The van der Waals surface area contributed by atoms with Crippen LogP contribution < -0.4 is 0 Å². The van der Waals surface area contributed by atoms with E-state index in [0.717, 1.165) is 0 Å². The summed E-state index contributed by atoms with van der Waals surface area (Å²) in [5.41, 5.74) is 0. The highest BCUT2D eigenvalue weighted by Crippen LogP contribution is 2.41. The van der Waals surface area contributed by atoms with E-state index in [4.69, 9.17) is 4.55 Å². The van der Waals surface area contributed by atoms with Gasteiger partial charge < -0.3 is 0 Å². The van der Waals surface area contributed by atoms with Crippen molar-refractivity contribution in [1.82, 2.24) is 4.98 Å². The number of hydrogen-bond donors (Lipinski definition) is 1. The summed E-state index contributed by atoms with van der Waals surface area (Å²) in [6.45, 7) is 1.49. The summed E-state index contributed by atoms with van der Waals surface area (Å²) in [5, 5.41) is -5.42. The lowest BCUT2D eigenvalue weighted by Crippen LogP contribution is -2.46. The van der Waals surface area contributed by atoms with Gasteiger partial charge in [-0.15, -0.1) is 0 Å². The molecule has 0 saturated heterocycles. The number of aromatic nitrogens is 1. The van der Waals surface area contributed by atoms with E-state index in [1.165, 1.54) is 6.92 Å². The van der Waals surface area contributed by atoms with Crippen LogP contribution in [0.4, 0.5) is 17.6 Å². The molecule has 9 heteroatoms. The van der Waals surface area contributed by atoms with Crippen LogP contribution in [-0.2, 0) is 10.1 Å². The van der Waals surface area contributed by atoms with Crippen LogP contribution in [0.5, 0.6) is 0 Å². The Hall–Kier alpha value is -1.22. The zero-order valence-electron chi connectivity index (χ0n) is 10.6. The maximum absolute atomic E-state index is 12.6. The summed E-state index contributed by atoms with van der Waals surface area (Å²) in [4.78, 5) is 3.78. The first-order chi connectivity index (χ1) is 9.06. The number of pyridine rings is 1. The van der Waals surface area contributed by atoms with Gasteiger partial charge >= 0.3 is 21.3 Å². The molecule has 0 amide bonds. The predicted octanol–water partition coefficient (Wildman–Crippen LogP) is 3.37. The molecule has 4 nitrogen and oxygen atoms in total. The van der Waals surface area contributed by atoms with Gasteiger partial charge in [-0.1, -0.05) is 19.4 Å². The molecule has 1 aromatic rings. The van der Waals surface area contributed by atoms with Crippen molar-refractivity contribution in [2.24, 2.45) is 0 Å². The van der Waals surface area contributed by atoms with Crippen LogP contribution in [-0.4, -0.2) is 29.1 Å². The molecule has 0 saturated carbocycles. The van der Waals surface area contributed by atoms with Crippen molar-refractivity contribution in [2.45, 2.75) is 37.4 Å². The fraction of sp³-hybridized carbons (Fsp3) is 0.545. The number of hydrogen-bond acceptors (Lipinski definition) is 3. The van der Waals surface area contributed by atoms with Crippen LogP contribution in [0.1, 0.15) is 26.2 Å². The van der Waals surface area contributed by atoms with E-state index in [0.29, 0.717) is 0 Å². The first kappa shape index (κ1) is 18.8. The summed E-state index contributed by atoms with van der Waals surface area (Å²) in [6, 6.07) is 5.72. The van der Waals surface area contributed by atoms with Crippen LogP contribution in [0.25, 0.3) is 0 Å². The van der Waals surface area contributed by atoms with E-state index in [1.807, 2.05) is 18.2 Å². The summed E-state index contributed by atoms with van der Waals surface area (Å²) >= 11 is 0. The van der Waals surface area contributed by atoms with Crippen molar-refractivity contribution < 1.29 is 30.5 Å². The van der Waals surface area contributed by atoms with Crippen LogP contribution in [0.2, 0.25) is 0 Å². The van der Waals surface area contributed by atoms with Crippen molar-refractivity contribution in [3.63, 3.8) is 0 Å². The molecule has 0 aliphatic heterocycles. The predicted molar refractivity (Wildman–Crippen MR) is 65.2 cm³/mol. The van der Waals surface area contributed by atoms with Gasteiger partial charge in [0, 0.05) is 18.8 Å². The van der Waals surface area contributed by atoms with Gasteiger partial charge in [-0.3, -0.25) is 9.54 Å². The first-order valence-corrected chi connectivity index (χ1v) is 7.08. The van der Waals surface area contributed by atoms with Crippen molar-refractivity contribution in [3.8, 4) is 0 Å². The van der Waals surface area contributed by atoms with Gasteiger partial charge in [-0.2, -0.15) is 26.0 Å². The Labute approximate surface area is 114 Å². The van der Waals surface area contributed by atoms with Crippen molar-refractivity contribution in [3.05, 3.63) is 30.6 Å². The number of alkyl halides is 4. The molecule has 0 fully saturated rings. The van der Waals surface area contributed by atoms with Gasteiger partial charge in [-0.25, -0.2) is 0 Å². The van der Waals surface area contributed by atoms with E-state index in [9.17, 15) is 26.0 Å². The van der Waals surface area contributed by atoms with E-state index < -0.39 is 27.7 Å². The average molecular weight is 317 g/mol. The Morgan fingerprint density at radius 1 is 1.10 bits per heavy atom. The molecule has 0 aliphatic carbocycles. The quantitative estimate of drug-likeness (QED) is 0.668. The van der Waals surface area contributed by atoms with Gasteiger partial charge in [-0.05, 0) is 18.6 Å². The maximum Gasteiger partial charge on any atom is 0.431 e. The minimum Gasteiger partial charge on any atom is -0.281 e. The number of halogens is 4. The van der Waals surface area contributed by atoms with Gasteiger partial charge in [0.1, 0.15) is 0 Å². The summed E-state index contributed by atoms with van der Waals surface area (Å²) in [5.74, 6) is -4.74. The molecule has 0 spiro atoms. The van der Waals surface area contributed by atoms with Crippen molar-refractivity contribution in [1.29, 1.82) is 0 Å². The van der Waals surface area contributed by atoms with Crippen LogP contribution in [0.3, 0.4) is 0 Å². The highest BCUT2D eigenvalue weighted by molar-refractivity contribution is 7.87. The minimum absolute atomic E-state index is 0.219. The molecule has 20 heavy (non-hydrogen) atoms. The highest BCUT2D eigenvalue weighted by Gasteiger charge is 2.64. The molecular weight excluding hydrogens is 302 g/mol. The molecule has 1 rings (SSSR count). The minimum atomic E-state index is -6.07. The molecule has 0 radical (unpaired) electrons. The molecular formula is C11H15F4NO3S. The topological polar surface area (TPSA) is 67.3 Å². The average Bonchev–Trinajstić information content (AvgIpc) is 2.37. The molecule has 116 valence electrons. The first-order valence-electron chi connectivity index (χ1n) is 5.64. The smallest absolute Gasteiger partial charge is 0.281 e. The third-order valence-corrected chi connectivity index (χ3v) is 3.11. The number of rotatable bonds is 5. The van der Waals surface area contributed by atoms with E-state index in [1.54, 1.807) is 12.4 Å². The van der Waals surface area contributed by atoms with Gasteiger partial charge in [0.2, 0.25) is 0 Å². The van der Waals surface area contributed by atoms with Gasteiger partial charge in [0.05, 0.1) is 0 Å². The second-order valence-corrected chi connectivity index (χ2v) is 5.29. The largest absolute Gasteiger partial charge is 0.431 e. The lowest BCUT2D eigenvalue weighted by molar-refractivity contribution is -0.164. The second kappa shape index (κ2) is 7.53. The lowest BCUT2D eigenvalue weighted by Gasteiger charge is -2.23. The second-order valence-electron chi connectivity index (χ2n) is 3.82. The summed E-state index contributed by atoms with van der Waals surface area (Å²) in [6.07, 6.45) is 2.19. The fourth-order valence-electron chi connectivity index (χ4n) is 1.05. The Morgan fingerprint density at radius 2 is 1.60 bits per heavy atom. The van der Waals surface area contributed by atoms with Crippen LogP contribution in [0.15, 0.2) is 30.6 Å². The van der Waals surface area contributed by atoms with E-state index in [-0.39, 0.29) is 12.8 Å². The maximum atomic E-state index is 12.6. The number of unbranched alkanes of at least 4 members (excludes halogenated alkanes) is 1. The molecule has 1 N–H and O–H groups in total. The lowest BCUT2D eigenvalue weighted by atomic mass is 10.1. The molecule has 0 aromatic carbocycles. The van der Waals surface area contributed by atoms with Gasteiger partial charge in [0.25, 0.3) is 0 Å². The van der Waals surface area contributed by atoms with Crippen molar-refractivity contribution in [2.75, 3.05) is 0 Å². The monoisotopic (exact) mass is 317 g/mol. The zero-order chi connectivity index (χ0) is 15.9. The highest BCUT2D eigenvalue weighted by atomic mass is 32.2. The Kier molecular flexibility index (Phi) is 7.07. The Morgan fingerprint density at radius 3 is 1.85 bits per heavy atom. The third kappa shape index (κ3) is 5.41. The summed E-state index contributed by atoms with van der Waals surface area (Å²) in [7, 11) is -6.07. The molecule has 0 aliphatic rings. The Balaban J connectivity index is 0.000000493. The summed E-state index contributed by atoms with van der Waals surface area (Å²) < 4.78 is 78.0. The van der Waals surface area contributed by atoms with Crippen molar-refractivity contribution >= 4 is 10.1 Å². The molecule has 0 atom stereocenters. The molecule has 1 aromatic heterocycles. The third-order valence-electron chi connectivity index (χ3n) is 2.16.